The maximum atomic E-state index is 12.1. The van der Waals surface area contributed by atoms with E-state index in [1.165, 1.54) is 13.1 Å². The van der Waals surface area contributed by atoms with Crippen LogP contribution in [-0.2, 0) is 14.4 Å². The quantitative estimate of drug-likeness (QED) is 0.654. The Labute approximate surface area is 134 Å². The highest BCUT2D eigenvalue weighted by Crippen LogP contribution is 2.31. The summed E-state index contributed by atoms with van der Waals surface area (Å²) in [4.78, 5) is 34.9. The van der Waals surface area contributed by atoms with Crippen LogP contribution in [-0.4, -0.2) is 28.7 Å². The lowest BCUT2D eigenvalue weighted by atomic mass is 9.80. The first-order valence-electron chi connectivity index (χ1n) is 6.79. The number of carbonyl (C=O) groups is 3. The van der Waals surface area contributed by atoms with Crippen LogP contribution in [0.15, 0.2) is 42.1 Å². The van der Waals surface area contributed by atoms with Crippen molar-refractivity contribution in [2.45, 2.75) is 31.7 Å². The number of ketones is 2. The Morgan fingerprint density at radius 3 is 2.27 bits per heavy atom. The minimum absolute atomic E-state index is 0. The van der Waals surface area contributed by atoms with Crippen LogP contribution in [0.1, 0.15) is 31.2 Å². The van der Waals surface area contributed by atoms with Crippen LogP contribution in [0, 0.1) is 0 Å². The second kappa shape index (κ2) is 7.75. The van der Waals surface area contributed by atoms with Crippen molar-refractivity contribution in [3.8, 4) is 0 Å². The Hall–Kier alpha value is -2.14. The van der Waals surface area contributed by atoms with E-state index in [9.17, 15) is 14.4 Å². The molecule has 2 N–H and O–H groups in total. The molecule has 0 heterocycles. The fourth-order valence-corrected chi connectivity index (χ4v) is 2.30. The van der Waals surface area contributed by atoms with E-state index in [0.29, 0.717) is 0 Å². The molecule has 0 aromatic heterocycles. The third-order valence-electron chi connectivity index (χ3n) is 3.58. The molecule has 1 aliphatic rings. The Morgan fingerprint density at radius 2 is 1.77 bits per heavy atom. The first-order chi connectivity index (χ1) is 9.99. The summed E-state index contributed by atoms with van der Waals surface area (Å²) in [5.74, 6) is -1.62. The predicted octanol–water partition coefficient (Wildman–Crippen LogP) is 2.07. The van der Waals surface area contributed by atoms with Crippen molar-refractivity contribution >= 4 is 29.9 Å². The lowest BCUT2D eigenvalue weighted by Crippen LogP contribution is -2.32. The van der Waals surface area contributed by atoms with Crippen LogP contribution in [0.5, 0.6) is 0 Å². The van der Waals surface area contributed by atoms with Gasteiger partial charge in [0.1, 0.15) is 6.04 Å². The van der Waals surface area contributed by atoms with E-state index >= 15 is 0 Å². The molecule has 1 saturated carbocycles. The Bertz CT molecular complexity index is 577. The minimum atomic E-state index is -1.04. The Balaban J connectivity index is 0.00000242. The van der Waals surface area contributed by atoms with E-state index in [0.717, 1.165) is 5.56 Å². The normalized spacial score (nSPS) is 19.1. The highest BCUT2D eigenvalue weighted by molar-refractivity contribution is 6.22. The molecule has 0 amide bonds. The molecule has 6 heteroatoms. The van der Waals surface area contributed by atoms with E-state index in [4.69, 9.17) is 5.11 Å². The number of allylic oxidation sites excluding steroid dienone is 1. The lowest BCUT2D eigenvalue weighted by Gasteiger charge is -2.22. The number of carboxylic acid groups (broad SMARTS) is 1. The standard InChI is InChI=1S/C16H17NO4.ClH/c1-10(16(20)21)17-9-13-14(18)7-12(8-15(13)19)11-5-3-2-4-6-11;/h2-6,9-10,12,17H,7-8H2,1H3,(H,20,21);1H. The minimum Gasteiger partial charge on any atom is -0.480 e. The predicted molar refractivity (Wildman–Crippen MR) is 84.0 cm³/mol. The zero-order chi connectivity index (χ0) is 15.4. The maximum absolute atomic E-state index is 12.1. The van der Waals surface area contributed by atoms with Crippen LogP contribution in [0.4, 0.5) is 0 Å². The number of halogens is 1. The van der Waals surface area contributed by atoms with Crippen molar-refractivity contribution < 1.29 is 19.5 Å². The van der Waals surface area contributed by atoms with E-state index < -0.39 is 12.0 Å². The number of carbonyl (C=O) groups excluding carboxylic acids is 2. The SMILES string of the molecule is CC(NC=C1C(=O)CC(c2ccccc2)CC1=O)C(=O)O.Cl. The van der Waals surface area contributed by atoms with Gasteiger partial charge >= 0.3 is 5.97 Å². The molecule has 1 aromatic carbocycles. The summed E-state index contributed by atoms with van der Waals surface area (Å²) in [7, 11) is 0. The van der Waals surface area contributed by atoms with Gasteiger partial charge in [0, 0.05) is 19.0 Å². The molecule has 5 nitrogen and oxygen atoms in total. The molecule has 0 radical (unpaired) electrons. The molecule has 118 valence electrons. The smallest absolute Gasteiger partial charge is 0.325 e. The number of hydrogen-bond acceptors (Lipinski definition) is 4. The molecule has 1 unspecified atom stereocenters. The van der Waals surface area contributed by atoms with Gasteiger partial charge in [0.05, 0.1) is 5.57 Å². The summed E-state index contributed by atoms with van der Waals surface area (Å²) in [5.41, 5.74) is 1.04. The number of aliphatic carboxylic acids is 1. The topological polar surface area (TPSA) is 83.5 Å². The number of benzene rings is 1. The molecule has 1 atom stereocenters. The molecule has 0 spiro atoms. The number of rotatable bonds is 4. The second-order valence-electron chi connectivity index (χ2n) is 5.15. The van der Waals surface area contributed by atoms with Crippen LogP contribution in [0.25, 0.3) is 0 Å². The zero-order valence-electron chi connectivity index (χ0n) is 12.1. The van der Waals surface area contributed by atoms with E-state index in [-0.39, 0.29) is 48.3 Å². The van der Waals surface area contributed by atoms with E-state index in [1.54, 1.807) is 0 Å². The van der Waals surface area contributed by atoms with Gasteiger partial charge < -0.3 is 10.4 Å². The fraction of sp³-hybridized carbons (Fsp3) is 0.312. The third-order valence-corrected chi connectivity index (χ3v) is 3.58. The van der Waals surface area contributed by atoms with Gasteiger partial charge in [-0.25, -0.2) is 0 Å². The number of Topliss-reactive ketones (excluding diaryl/α,β-unsaturated/α-hetero) is 2. The van der Waals surface area contributed by atoms with Crippen molar-refractivity contribution in [3.05, 3.63) is 47.7 Å². The van der Waals surface area contributed by atoms with Crippen molar-refractivity contribution in [2.24, 2.45) is 0 Å². The summed E-state index contributed by atoms with van der Waals surface area (Å²) in [6, 6.07) is 8.62. The average Bonchev–Trinajstić information content (AvgIpc) is 2.46. The molecular formula is C16H18ClNO4. The van der Waals surface area contributed by atoms with Gasteiger partial charge in [-0.2, -0.15) is 0 Å². The summed E-state index contributed by atoms with van der Waals surface area (Å²) >= 11 is 0. The van der Waals surface area contributed by atoms with Gasteiger partial charge in [-0.05, 0) is 18.4 Å². The van der Waals surface area contributed by atoms with Crippen LogP contribution >= 0.6 is 12.4 Å². The first-order valence-corrected chi connectivity index (χ1v) is 6.79. The third kappa shape index (κ3) is 4.18. The van der Waals surface area contributed by atoms with Gasteiger partial charge in [0.15, 0.2) is 11.6 Å². The summed E-state index contributed by atoms with van der Waals surface area (Å²) < 4.78 is 0. The highest BCUT2D eigenvalue weighted by Gasteiger charge is 2.31. The summed E-state index contributed by atoms with van der Waals surface area (Å²) in [6.45, 7) is 1.45. The molecule has 1 fully saturated rings. The van der Waals surface area contributed by atoms with Gasteiger partial charge in [-0.15, -0.1) is 12.4 Å². The Kier molecular flexibility index (Phi) is 6.31. The van der Waals surface area contributed by atoms with Crippen molar-refractivity contribution in [2.75, 3.05) is 0 Å². The Morgan fingerprint density at radius 1 is 1.23 bits per heavy atom. The van der Waals surface area contributed by atoms with Crippen molar-refractivity contribution in [1.82, 2.24) is 5.32 Å². The number of carboxylic acids is 1. The van der Waals surface area contributed by atoms with Gasteiger partial charge in [-0.1, -0.05) is 30.3 Å². The van der Waals surface area contributed by atoms with Gasteiger partial charge in [-0.3, -0.25) is 14.4 Å². The molecule has 0 aliphatic heterocycles. The summed E-state index contributed by atoms with van der Waals surface area (Å²) in [6.07, 6.45) is 1.78. The molecule has 22 heavy (non-hydrogen) atoms. The summed E-state index contributed by atoms with van der Waals surface area (Å²) in [5, 5.41) is 11.3. The molecule has 1 aliphatic carbocycles. The van der Waals surface area contributed by atoms with E-state index in [2.05, 4.69) is 5.32 Å². The monoisotopic (exact) mass is 323 g/mol. The molecule has 0 saturated heterocycles. The molecule has 2 rings (SSSR count). The largest absolute Gasteiger partial charge is 0.480 e. The first kappa shape index (κ1) is 17.9. The maximum Gasteiger partial charge on any atom is 0.325 e. The highest BCUT2D eigenvalue weighted by atomic mass is 35.5. The molecule has 0 bridgehead atoms. The average molecular weight is 324 g/mol. The van der Waals surface area contributed by atoms with Crippen LogP contribution in [0.2, 0.25) is 0 Å². The molecular weight excluding hydrogens is 306 g/mol. The number of nitrogens with one attached hydrogen (secondary N) is 1. The number of hydrogen-bond donors (Lipinski definition) is 2. The van der Waals surface area contributed by atoms with Crippen molar-refractivity contribution in [3.63, 3.8) is 0 Å². The second-order valence-corrected chi connectivity index (χ2v) is 5.15. The van der Waals surface area contributed by atoms with Crippen LogP contribution < -0.4 is 5.32 Å². The fourth-order valence-electron chi connectivity index (χ4n) is 2.30. The van der Waals surface area contributed by atoms with Gasteiger partial charge in [0.25, 0.3) is 0 Å². The van der Waals surface area contributed by atoms with Crippen molar-refractivity contribution in [1.29, 1.82) is 0 Å². The zero-order valence-corrected chi connectivity index (χ0v) is 12.9. The molecule has 1 aromatic rings. The van der Waals surface area contributed by atoms with Crippen LogP contribution in [0.3, 0.4) is 0 Å². The lowest BCUT2D eigenvalue weighted by molar-refractivity contribution is -0.138. The van der Waals surface area contributed by atoms with E-state index in [1.807, 2.05) is 30.3 Å². The van der Waals surface area contributed by atoms with Gasteiger partial charge in [0.2, 0.25) is 0 Å².